The topological polar surface area (TPSA) is 31.6 Å². The Morgan fingerprint density at radius 2 is 2.11 bits per heavy atom. The fourth-order valence-electron chi connectivity index (χ4n) is 2.50. The smallest absolute Gasteiger partial charge is 0.118 e. The number of furan rings is 1. The SMILES string of the molecule is CC(C)NCc1ccc(CN2CCC(N(C)C)C2)o1. The van der Waals surface area contributed by atoms with Crippen molar-refractivity contribution in [1.82, 2.24) is 15.1 Å². The van der Waals surface area contributed by atoms with E-state index in [0.29, 0.717) is 12.1 Å². The van der Waals surface area contributed by atoms with E-state index in [-0.39, 0.29) is 0 Å². The molecule has 0 aromatic carbocycles. The molecule has 19 heavy (non-hydrogen) atoms. The number of nitrogens with one attached hydrogen (secondary N) is 1. The standard InChI is InChI=1S/C15H27N3O/c1-12(2)16-9-14-5-6-15(19-14)11-18-8-7-13(10-18)17(3)4/h5-6,12-13,16H,7-11H2,1-4H3. The van der Waals surface area contributed by atoms with Gasteiger partial charge in [-0.25, -0.2) is 0 Å². The molecular formula is C15H27N3O. The molecule has 4 heteroatoms. The van der Waals surface area contributed by atoms with E-state index in [2.05, 4.69) is 55.2 Å². The molecule has 0 radical (unpaired) electrons. The largest absolute Gasteiger partial charge is 0.463 e. The lowest BCUT2D eigenvalue weighted by atomic mass is 10.2. The Bertz CT molecular complexity index is 386. The summed E-state index contributed by atoms with van der Waals surface area (Å²) in [7, 11) is 4.33. The highest BCUT2D eigenvalue weighted by molar-refractivity contribution is 5.07. The van der Waals surface area contributed by atoms with Gasteiger partial charge in [0.2, 0.25) is 0 Å². The molecule has 2 heterocycles. The van der Waals surface area contributed by atoms with Crippen LogP contribution in [0.4, 0.5) is 0 Å². The quantitative estimate of drug-likeness (QED) is 0.851. The van der Waals surface area contributed by atoms with Crippen molar-refractivity contribution in [3.05, 3.63) is 23.7 Å². The van der Waals surface area contributed by atoms with Crippen molar-refractivity contribution < 1.29 is 4.42 Å². The van der Waals surface area contributed by atoms with Crippen LogP contribution in [0.5, 0.6) is 0 Å². The molecule has 1 aliphatic rings. The van der Waals surface area contributed by atoms with Crippen LogP contribution in [0.1, 0.15) is 31.8 Å². The maximum Gasteiger partial charge on any atom is 0.118 e. The Hall–Kier alpha value is -0.840. The first-order valence-corrected chi connectivity index (χ1v) is 7.24. The summed E-state index contributed by atoms with van der Waals surface area (Å²) in [4.78, 5) is 4.79. The van der Waals surface area contributed by atoms with Gasteiger partial charge < -0.3 is 14.6 Å². The van der Waals surface area contributed by atoms with E-state index in [0.717, 1.165) is 31.2 Å². The first kappa shape index (κ1) is 14.6. The zero-order valence-corrected chi connectivity index (χ0v) is 12.6. The van der Waals surface area contributed by atoms with Crippen molar-refractivity contribution in [1.29, 1.82) is 0 Å². The van der Waals surface area contributed by atoms with Gasteiger partial charge in [-0.2, -0.15) is 0 Å². The van der Waals surface area contributed by atoms with Crippen LogP contribution in [0.2, 0.25) is 0 Å². The predicted molar refractivity (Wildman–Crippen MR) is 78.1 cm³/mol. The van der Waals surface area contributed by atoms with Gasteiger partial charge in [0, 0.05) is 25.2 Å². The normalized spacial score (nSPS) is 20.8. The second kappa shape index (κ2) is 6.55. The fraction of sp³-hybridized carbons (Fsp3) is 0.733. The molecule has 1 aromatic heterocycles. The van der Waals surface area contributed by atoms with Gasteiger partial charge in [0.05, 0.1) is 13.1 Å². The van der Waals surface area contributed by atoms with E-state index in [4.69, 9.17) is 4.42 Å². The highest BCUT2D eigenvalue weighted by atomic mass is 16.3. The molecular weight excluding hydrogens is 238 g/mol. The zero-order valence-electron chi connectivity index (χ0n) is 12.6. The summed E-state index contributed by atoms with van der Waals surface area (Å²) in [6.45, 7) is 8.37. The van der Waals surface area contributed by atoms with Gasteiger partial charge in [-0.1, -0.05) is 13.8 Å². The van der Waals surface area contributed by atoms with Crippen LogP contribution in [-0.2, 0) is 13.1 Å². The Labute approximate surface area is 116 Å². The van der Waals surface area contributed by atoms with E-state index >= 15 is 0 Å². The van der Waals surface area contributed by atoms with Crippen LogP contribution >= 0.6 is 0 Å². The molecule has 1 aliphatic heterocycles. The second-order valence-electron chi connectivity index (χ2n) is 6.04. The Kier molecular flexibility index (Phi) is 5.02. The summed E-state index contributed by atoms with van der Waals surface area (Å²) < 4.78 is 5.87. The minimum atomic E-state index is 0.494. The molecule has 4 nitrogen and oxygen atoms in total. The van der Waals surface area contributed by atoms with Crippen LogP contribution in [-0.4, -0.2) is 49.1 Å². The van der Waals surface area contributed by atoms with Gasteiger partial charge >= 0.3 is 0 Å². The maximum absolute atomic E-state index is 5.87. The molecule has 0 amide bonds. The average molecular weight is 265 g/mol. The fourth-order valence-corrected chi connectivity index (χ4v) is 2.50. The van der Waals surface area contributed by atoms with Gasteiger partial charge in [0.25, 0.3) is 0 Å². The third kappa shape index (κ3) is 4.34. The van der Waals surface area contributed by atoms with Gasteiger partial charge in [-0.3, -0.25) is 4.90 Å². The monoisotopic (exact) mass is 265 g/mol. The molecule has 0 saturated carbocycles. The maximum atomic E-state index is 5.87. The summed E-state index contributed by atoms with van der Waals surface area (Å²) in [5.74, 6) is 2.12. The first-order valence-electron chi connectivity index (χ1n) is 7.24. The van der Waals surface area contributed by atoms with Crippen molar-refractivity contribution in [2.45, 2.75) is 45.4 Å². The number of hydrogen-bond donors (Lipinski definition) is 1. The lowest BCUT2D eigenvalue weighted by molar-refractivity contribution is 0.249. The predicted octanol–water partition coefficient (Wildman–Crippen LogP) is 1.91. The van der Waals surface area contributed by atoms with Crippen LogP contribution < -0.4 is 5.32 Å². The molecule has 0 bridgehead atoms. The van der Waals surface area contributed by atoms with E-state index in [1.165, 1.54) is 13.0 Å². The van der Waals surface area contributed by atoms with Crippen molar-refractivity contribution in [3.8, 4) is 0 Å². The highest BCUT2D eigenvalue weighted by Gasteiger charge is 2.24. The van der Waals surface area contributed by atoms with Gasteiger partial charge in [-0.05, 0) is 32.6 Å². The lowest BCUT2D eigenvalue weighted by Crippen LogP contribution is -2.31. The van der Waals surface area contributed by atoms with Gasteiger partial charge in [-0.15, -0.1) is 0 Å². The van der Waals surface area contributed by atoms with Crippen LogP contribution in [0.25, 0.3) is 0 Å². The lowest BCUT2D eigenvalue weighted by Gasteiger charge is -2.19. The zero-order chi connectivity index (χ0) is 13.8. The number of likely N-dealkylation sites (N-methyl/N-ethyl adjacent to an activating group) is 1. The minimum absolute atomic E-state index is 0.494. The van der Waals surface area contributed by atoms with Crippen LogP contribution in [0, 0.1) is 0 Å². The van der Waals surface area contributed by atoms with Crippen molar-refractivity contribution in [2.24, 2.45) is 0 Å². The van der Waals surface area contributed by atoms with Crippen molar-refractivity contribution in [3.63, 3.8) is 0 Å². The van der Waals surface area contributed by atoms with Gasteiger partial charge in [0.1, 0.15) is 11.5 Å². The number of hydrogen-bond acceptors (Lipinski definition) is 4. The molecule has 2 rings (SSSR count). The third-order valence-electron chi connectivity index (χ3n) is 3.76. The summed E-state index contributed by atoms with van der Waals surface area (Å²) in [6, 6.07) is 5.38. The molecule has 1 N–H and O–H groups in total. The average Bonchev–Trinajstić information content (AvgIpc) is 2.96. The summed E-state index contributed by atoms with van der Waals surface area (Å²) >= 11 is 0. The number of likely N-dealkylation sites (tertiary alicyclic amines) is 1. The van der Waals surface area contributed by atoms with Crippen molar-refractivity contribution >= 4 is 0 Å². The Morgan fingerprint density at radius 3 is 2.74 bits per heavy atom. The van der Waals surface area contributed by atoms with Crippen molar-refractivity contribution in [2.75, 3.05) is 27.2 Å². The first-order chi connectivity index (χ1) is 9.04. The Balaban J connectivity index is 1.80. The van der Waals surface area contributed by atoms with Gasteiger partial charge in [0.15, 0.2) is 0 Å². The molecule has 1 saturated heterocycles. The molecule has 0 aliphatic carbocycles. The number of rotatable bonds is 6. The second-order valence-corrected chi connectivity index (χ2v) is 6.04. The molecule has 1 fully saturated rings. The van der Waals surface area contributed by atoms with E-state index in [9.17, 15) is 0 Å². The number of nitrogens with zero attached hydrogens (tertiary/aromatic N) is 2. The molecule has 1 atom stereocenters. The van der Waals surface area contributed by atoms with E-state index in [1.807, 2.05) is 0 Å². The minimum Gasteiger partial charge on any atom is -0.463 e. The highest BCUT2D eigenvalue weighted by Crippen LogP contribution is 2.17. The molecule has 108 valence electrons. The van der Waals surface area contributed by atoms with E-state index in [1.54, 1.807) is 0 Å². The van der Waals surface area contributed by atoms with Crippen LogP contribution in [0.3, 0.4) is 0 Å². The molecule has 1 unspecified atom stereocenters. The summed E-state index contributed by atoms with van der Waals surface area (Å²) in [6.07, 6.45) is 1.26. The summed E-state index contributed by atoms with van der Waals surface area (Å²) in [5, 5.41) is 3.38. The summed E-state index contributed by atoms with van der Waals surface area (Å²) in [5.41, 5.74) is 0. The van der Waals surface area contributed by atoms with Crippen LogP contribution in [0.15, 0.2) is 16.5 Å². The van der Waals surface area contributed by atoms with E-state index < -0.39 is 0 Å². The third-order valence-corrected chi connectivity index (χ3v) is 3.76. The Morgan fingerprint density at radius 1 is 1.37 bits per heavy atom. The molecule has 0 spiro atoms. The molecule has 1 aromatic rings.